The number of hydrogen-bond donors (Lipinski definition) is 2. The lowest BCUT2D eigenvalue weighted by atomic mass is 10.1. The van der Waals surface area contributed by atoms with Gasteiger partial charge < -0.3 is 15.4 Å². The van der Waals surface area contributed by atoms with Gasteiger partial charge in [0.2, 0.25) is 0 Å². The maximum absolute atomic E-state index is 12.0. The number of ether oxygens (including phenoxy) is 1. The molecular weight excluding hydrogens is 318 g/mol. The maximum atomic E-state index is 12.0. The molecule has 1 heterocycles. The predicted octanol–water partition coefficient (Wildman–Crippen LogP) is 3.40. The average molecular weight is 341 g/mol. The lowest BCUT2D eigenvalue weighted by Gasteiger charge is -2.08. The normalized spacial score (nSPS) is 10.1. The first-order chi connectivity index (χ1) is 12.2. The number of anilines is 1. The Hall–Kier alpha value is -2.89. The quantitative estimate of drug-likeness (QED) is 0.721. The standard InChI is InChI=1S/C19H23N3O3/c1-2-3-12-21-19(24)25-13-10-15-6-8-17(9-7-15)22-18(23)16-5-4-11-20-14-16/h4-9,11,14H,2-3,10,12-13H2,1H3,(H,21,24)(H,22,23). The van der Waals surface area contributed by atoms with Crippen molar-refractivity contribution in [2.45, 2.75) is 26.2 Å². The summed E-state index contributed by atoms with van der Waals surface area (Å²) in [5.74, 6) is -0.201. The van der Waals surface area contributed by atoms with Crippen LogP contribution in [0.3, 0.4) is 0 Å². The molecule has 0 fully saturated rings. The number of unbranched alkanes of at least 4 members (excludes halogenated alkanes) is 1. The molecule has 0 spiro atoms. The number of aromatic nitrogens is 1. The predicted molar refractivity (Wildman–Crippen MR) is 96.6 cm³/mol. The van der Waals surface area contributed by atoms with Gasteiger partial charge in [0.15, 0.2) is 0 Å². The molecule has 0 atom stereocenters. The van der Waals surface area contributed by atoms with Gasteiger partial charge in [0, 0.05) is 31.0 Å². The van der Waals surface area contributed by atoms with Crippen molar-refractivity contribution in [1.82, 2.24) is 10.3 Å². The number of amides is 2. The molecule has 0 aliphatic rings. The third-order valence-corrected chi connectivity index (χ3v) is 3.56. The number of alkyl carbamates (subject to hydrolysis) is 1. The summed E-state index contributed by atoms with van der Waals surface area (Å²) < 4.78 is 5.12. The van der Waals surface area contributed by atoms with E-state index in [-0.39, 0.29) is 12.0 Å². The number of carbonyl (C=O) groups is 2. The van der Waals surface area contributed by atoms with Gasteiger partial charge in [-0.15, -0.1) is 0 Å². The van der Waals surface area contributed by atoms with Gasteiger partial charge in [-0.05, 0) is 36.2 Å². The van der Waals surface area contributed by atoms with Crippen LogP contribution in [0.25, 0.3) is 0 Å². The van der Waals surface area contributed by atoms with E-state index in [1.165, 1.54) is 6.20 Å². The van der Waals surface area contributed by atoms with Crippen LogP contribution in [-0.2, 0) is 11.2 Å². The largest absolute Gasteiger partial charge is 0.449 e. The topological polar surface area (TPSA) is 80.3 Å². The van der Waals surface area contributed by atoms with Gasteiger partial charge in [0.1, 0.15) is 0 Å². The average Bonchev–Trinajstić information content (AvgIpc) is 2.64. The molecule has 1 aromatic heterocycles. The van der Waals surface area contributed by atoms with Crippen molar-refractivity contribution in [3.05, 3.63) is 59.9 Å². The number of pyridine rings is 1. The molecule has 25 heavy (non-hydrogen) atoms. The Bertz CT molecular complexity index is 672. The van der Waals surface area contributed by atoms with E-state index in [1.54, 1.807) is 18.3 Å². The molecule has 0 radical (unpaired) electrons. The Balaban J connectivity index is 1.74. The van der Waals surface area contributed by atoms with E-state index in [1.807, 2.05) is 24.3 Å². The highest BCUT2D eigenvalue weighted by atomic mass is 16.5. The number of benzene rings is 1. The second-order valence-corrected chi connectivity index (χ2v) is 5.56. The van der Waals surface area contributed by atoms with Crippen LogP contribution in [0.5, 0.6) is 0 Å². The SMILES string of the molecule is CCCCNC(=O)OCCc1ccc(NC(=O)c2cccnc2)cc1. The maximum Gasteiger partial charge on any atom is 0.407 e. The van der Waals surface area contributed by atoms with Crippen LogP contribution in [-0.4, -0.2) is 30.1 Å². The Kier molecular flexibility index (Phi) is 7.43. The number of nitrogens with zero attached hydrogens (tertiary/aromatic N) is 1. The van der Waals surface area contributed by atoms with Gasteiger partial charge >= 0.3 is 6.09 Å². The molecule has 0 unspecified atom stereocenters. The fraction of sp³-hybridized carbons (Fsp3) is 0.316. The molecule has 0 aliphatic carbocycles. The first kappa shape index (κ1) is 18.4. The van der Waals surface area contributed by atoms with Crippen LogP contribution in [0.4, 0.5) is 10.5 Å². The van der Waals surface area contributed by atoms with Gasteiger partial charge in [-0.2, -0.15) is 0 Å². The van der Waals surface area contributed by atoms with Crippen molar-refractivity contribution < 1.29 is 14.3 Å². The highest BCUT2D eigenvalue weighted by Crippen LogP contribution is 2.11. The Morgan fingerprint density at radius 3 is 2.64 bits per heavy atom. The Labute approximate surface area is 147 Å². The molecule has 6 heteroatoms. The summed E-state index contributed by atoms with van der Waals surface area (Å²) in [6.07, 6.45) is 5.36. The molecule has 2 amide bonds. The number of rotatable bonds is 8. The third kappa shape index (κ3) is 6.63. The minimum Gasteiger partial charge on any atom is -0.449 e. The molecule has 132 valence electrons. The van der Waals surface area contributed by atoms with Gasteiger partial charge in [-0.3, -0.25) is 9.78 Å². The second-order valence-electron chi connectivity index (χ2n) is 5.56. The zero-order chi connectivity index (χ0) is 17.9. The third-order valence-electron chi connectivity index (χ3n) is 3.56. The summed E-state index contributed by atoms with van der Waals surface area (Å²) in [6.45, 7) is 3.02. The Morgan fingerprint density at radius 2 is 1.96 bits per heavy atom. The summed E-state index contributed by atoms with van der Waals surface area (Å²) >= 11 is 0. The molecule has 2 rings (SSSR count). The second kappa shape index (κ2) is 10.1. The monoisotopic (exact) mass is 341 g/mol. The van der Waals surface area contributed by atoms with Gasteiger partial charge in [-0.25, -0.2) is 4.79 Å². The summed E-state index contributed by atoms with van der Waals surface area (Å²) in [6, 6.07) is 10.9. The van der Waals surface area contributed by atoms with Gasteiger partial charge in [0.05, 0.1) is 12.2 Å². The van der Waals surface area contributed by atoms with E-state index in [9.17, 15) is 9.59 Å². The molecule has 0 saturated carbocycles. The van der Waals surface area contributed by atoms with Crippen LogP contribution >= 0.6 is 0 Å². The number of nitrogens with one attached hydrogen (secondary N) is 2. The fourth-order valence-corrected chi connectivity index (χ4v) is 2.13. The van der Waals surface area contributed by atoms with Crippen molar-refractivity contribution in [2.75, 3.05) is 18.5 Å². The van der Waals surface area contributed by atoms with Crippen molar-refractivity contribution >= 4 is 17.7 Å². The lowest BCUT2D eigenvalue weighted by Crippen LogP contribution is -2.25. The summed E-state index contributed by atoms with van der Waals surface area (Å²) in [4.78, 5) is 27.4. The van der Waals surface area contributed by atoms with Crippen LogP contribution < -0.4 is 10.6 Å². The number of hydrogen-bond acceptors (Lipinski definition) is 4. The van der Waals surface area contributed by atoms with Crippen molar-refractivity contribution in [1.29, 1.82) is 0 Å². The molecule has 2 aromatic rings. The van der Waals surface area contributed by atoms with Gasteiger partial charge in [-0.1, -0.05) is 25.5 Å². The molecule has 1 aromatic carbocycles. The van der Waals surface area contributed by atoms with Crippen LogP contribution in [0.15, 0.2) is 48.8 Å². The summed E-state index contributed by atoms with van der Waals surface area (Å²) in [5.41, 5.74) is 2.24. The number of carbonyl (C=O) groups excluding carboxylic acids is 2. The van der Waals surface area contributed by atoms with E-state index in [0.29, 0.717) is 30.8 Å². The van der Waals surface area contributed by atoms with E-state index in [2.05, 4.69) is 22.5 Å². The van der Waals surface area contributed by atoms with Crippen LogP contribution in [0.1, 0.15) is 35.7 Å². The highest BCUT2D eigenvalue weighted by Gasteiger charge is 2.06. The minimum atomic E-state index is -0.381. The summed E-state index contributed by atoms with van der Waals surface area (Å²) in [5, 5.41) is 5.52. The first-order valence-corrected chi connectivity index (χ1v) is 8.40. The highest BCUT2D eigenvalue weighted by molar-refractivity contribution is 6.03. The van der Waals surface area contributed by atoms with Crippen LogP contribution in [0.2, 0.25) is 0 Å². The molecule has 0 bridgehead atoms. The fourth-order valence-electron chi connectivity index (χ4n) is 2.13. The van der Waals surface area contributed by atoms with E-state index < -0.39 is 0 Å². The summed E-state index contributed by atoms with van der Waals surface area (Å²) in [7, 11) is 0. The minimum absolute atomic E-state index is 0.201. The van der Waals surface area contributed by atoms with Gasteiger partial charge in [0.25, 0.3) is 5.91 Å². The molecular formula is C19H23N3O3. The zero-order valence-electron chi connectivity index (χ0n) is 14.3. The van der Waals surface area contributed by atoms with E-state index in [4.69, 9.17) is 4.74 Å². The molecule has 6 nitrogen and oxygen atoms in total. The molecule has 2 N–H and O–H groups in total. The van der Waals surface area contributed by atoms with Crippen molar-refractivity contribution in [2.24, 2.45) is 0 Å². The molecule has 0 saturated heterocycles. The van der Waals surface area contributed by atoms with E-state index in [0.717, 1.165) is 18.4 Å². The first-order valence-electron chi connectivity index (χ1n) is 8.40. The van der Waals surface area contributed by atoms with Crippen molar-refractivity contribution in [3.8, 4) is 0 Å². The smallest absolute Gasteiger partial charge is 0.407 e. The van der Waals surface area contributed by atoms with Crippen molar-refractivity contribution in [3.63, 3.8) is 0 Å². The lowest BCUT2D eigenvalue weighted by molar-refractivity contribution is 0.102. The molecule has 0 aliphatic heterocycles. The van der Waals surface area contributed by atoms with Crippen LogP contribution in [0, 0.1) is 0 Å². The Morgan fingerprint density at radius 1 is 1.16 bits per heavy atom. The van der Waals surface area contributed by atoms with E-state index >= 15 is 0 Å². The zero-order valence-corrected chi connectivity index (χ0v) is 14.3.